The molecule has 1 aliphatic heterocycles. The summed E-state index contributed by atoms with van der Waals surface area (Å²) in [6.45, 7) is 1.37. The van der Waals surface area contributed by atoms with Crippen LogP contribution in [0.4, 0.5) is 0 Å². The van der Waals surface area contributed by atoms with E-state index in [0.29, 0.717) is 12.5 Å². The van der Waals surface area contributed by atoms with Gasteiger partial charge in [-0.05, 0) is 30.9 Å². The molecule has 3 rings (SSSR count). The van der Waals surface area contributed by atoms with E-state index in [4.69, 9.17) is 4.74 Å². The number of nitrogens with zero attached hydrogens (tertiary/aromatic N) is 1. The zero-order valence-corrected chi connectivity index (χ0v) is 12.5. The van der Waals surface area contributed by atoms with Gasteiger partial charge in [0.1, 0.15) is 0 Å². The van der Waals surface area contributed by atoms with Crippen molar-refractivity contribution in [3.63, 3.8) is 0 Å². The molecule has 1 unspecified atom stereocenters. The first-order chi connectivity index (χ1) is 10.7. The molecule has 1 aliphatic carbocycles. The van der Waals surface area contributed by atoms with Crippen LogP contribution in [-0.4, -0.2) is 36.5 Å². The van der Waals surface area contributed by atoms with Crippen molar-refractivity contribution >= 4 is 11.9 Å². The molecule has 4 heteroatoms. The highest BCUT2D eigenvalue weighted by Gasteiger charge is 2.37. The number of esters is 1. The van der Waals surface area contributed by atoms with Gasteiger partial charge in [0.25, 0.3) is 0 Å². The highest BCUT2D eigenvalue weighted by molar-refractivity contribution is 5.86. The zero-order valence-electron chi connectivity index (χ0n) is 12.5. The number of carbonyl (C=O) groups excluding carboxylic acids is 2. The summed E-state index contributed by atoms with van der Waals surface area (Å²) in [7, 11) is 0. The molecule has 2 fully saturated rings. The molecule has 0 radical (unpaired) electrons. The molecule has 2 aliphatic rings. The number of rotatable bonds is 4. The van der Waals surface area contributed by atoms with Crippen molar-refractivity contribution in [1.29, 1.82) is 0 Å². The van der Waals surface area contributed by atoms with Gasteiger partial charge in [0.2, 0.25) is 5.91 Å². The standard InChI is InChI=1S/C18H19NO3/c20-17-11-16(13-19(17)12-15-8-9-15)18(21)22-10-4-7-14-5-2-1-3-6-14/h1-3,5-6,15-16H,8-13H2. The van der Waals surface area contributed by atoms with Gasteiger partial charge in [-0.2, -0.15) is 0 Å². The molecule has 0 N–H and O–H groups in total. The summed E-state index contributed by atoms with van der Waals surface area (Å²) in [4.78, 5) is 25.6. The molecule has 1 saturated carbocycles. The second-order valence-corrected chi connectivity index (χ2v) is 5.92. The van der Waals surface area contributed by atoms with Gasteiger partial charge in [-0.25, -0.2) is 0 Å². The van der Waals surface area contributed by atoms with Crippen LogP contribution < -0.4 is 0 Å². The van der Waals surface area contributed by atoms with Crippen LogP contribution in [0.1, 0.15) is 24.8 Å². The number of carbonyl (C=O) groups is 2. The van der Waals surface area contributed by atoms with Crippen molar-refractivity contribution in [1.82, 2.24) is 4.90 Å². The second-order valence-electron chi connectivity index (χ2n) is 5.92. The number of likely N-dealkylation sites (tertiary alicyclic amines) is 1. The Morgan fingerprint density at radius 1 is 1.27 bits per heavy atom. The zero-order chi connectivity index (χ0) is 15.4. The lowest BCUT2D eigenvalue weighted by molar-refractivity contribution is -0.146. The molecular weight excluding hydrogens is 278 g/mol. The fourth-order valence-corrected chi connectivity index (χ4v) is 2.60. The van der Waals surface area contributed by atoms with E-state index in [-0.39, 0.29) is 30.8 Å². The molecule has 22 heavy (non-hydrogen) atoms. The summed E-state index contributed by atoms with van der Waals surface area (Å²) in [6, 6.07) is 9.55. The summed E-state index contributed by atoms with van der Waals surface area (Å²) < 4.78 is 5.17. The molecule has 1 aromatic rings. The quantitative estimate of drug-likeness (QED) is 0.629. The molecule has 4 nitrogen and oxygen atoms in total. The Hall–Kier alpha value is -2.28. The first-order valence-electron chi connectivity index (χ1n) is 7.70. The lowest BCUT2D eigenvalue weighted by Gasteiger charge is -2.15. The number of benzene rings is 1. The monoisotopic (exact) mass is 297 g/mol. The van der Waals surface area contributed by atoms with Gasteiger partial charge in [0, 0.05) is 25.1 Å². The van der Waals surface area contributed by atoms with Crippen LogP contribution in [0.2, 0.25) is 0 Å². The highest BCUT2D eigenvalue weighted by atomic mass is 16.5. The van der Waals surface area contributed by atoms with Crippen molar-refractivity contribution in [3.8, 4) is 11.8 Å². The van der Waals surface area contributed by atoms with Crippen LogP contribution in [0.3, 0.4) is 0 Å². The number of ether oxygens (including phenoxy) is 1. The minimum absolute atomic E-state index is 0.0705. The third kappa shape index (κ3) is 3.88. The normalized spacial score (nSPS) is 20.5. The lowest BCUT2D eigenvalue weighted by Crippen LogP contribution is -2.28. The molecule has 114 valence electrons. The van der Waals surface area contributed by atoms with Gasteiger partial charge in [0.05, 0.1) is 5.92 Å². The number of hydrogen-bond donors (Lipinski definition) is 0. The Balaban J connectivity index is 1.44. The van der Waals surface area contributed by atoms with Crippen LogP contribution in [0.15, 0.2) is 30.3 Å². The van der Waals surface area contributed by atoms with Crippen molar-refractivity contribution in [2.75, 3.05) is 19.7 Å². The van der Waals surface area contributed by atoms with E-state index in [9.17, 15) is 9.59 Å². The summed E-state index contributed by atoms with van der Waals surface area (Å²) >= 11 is 0. The molecule has 1 amide bonds. The molecule has 1 heterocycles. The van der Waals surface area contributed by atoms with Crippen LogP contribution in [-0.2, 0) is 14.3 Å². The predicted octanol–water partition coefficient (Wildman–Crippen LogP) is 1.84. The number of hydrogen-bond acceptors (Lipinski definition) is 3. The summed E-state index contributed by atoms with van der Waals surface area (Å²) in [5.41, 5.74) is 0.894. The maximum atomic E-state index is 12.0. The molecule has 0 aromatic heterocycles. The average Bonchev–Trinajstić information content (AvgIpc) is 3.27. The van der Waals surface area contributed by atoms with E-state index in [0.717, 1.165) is 12.1 Å². The molecule has 0 spiro atoms. The van der Waals surface area contributed by atoms with Crippen LogP contribution in [0.25, 0.3) is 0 Å². The first-order valence-corrected chi connectivity index (χ1v) is 7.70. The van der Waals surface area contributed by atoms with E-state index in [1.165, 1.54) is 12.8 Å². The molecule has 1 aromatic carbocycles. The molecule has 1 atom stereocenters. The molecule has 0 bridgehead atoms. The smallest absolute Gasteiger partial charge is 0.312 e. The Bertz CT molecular complexity index is 610. The highest BCUT2D eigenvalue weighted by Crippen LogP contribution is 2.32. The van der Waals surface area contributed by atoms with Crippen LogP contribution >= 0.6 is 0 Å². The van der Waals surface area contributed by atoms with E-state index in [2.05, 4.69) is 11.8 Å². The Morgan fingerprint density at radius 2 is 2.05 bits per heavy atom. The summed E-state index contributed by atoms with van der Waals surface area (Å²) in [5.74, 6) is 5.85. The van der Waals surface area contributed by atoms with Crippen molar-refractivity contribution in [2.45, 2.75) is 19.3 Å². The molecular formula is C18H19NO3. The van der Waals surface area contributed by atoms with E-state index in [1.54, 1.807) is 4.90 Å². The second kappa shape index (κ2) is 6.65. The van der Waals surface area contributed by atoms with Gasteiger partial charge >= 0.3 is 5.97 Å². The SMILES string of the molecule is O=C(OCC#Cc1ccccc1)C1CC(=O)N(CC2CC2)C1. The fraction of sp³-hybridized carbons (Fsp3) is 0.444. The Kier molecular flexibility index (Phi) is 4.43. The Labute approximate surface area is 130 Å². The van der Waals surface area contributed by atoms with Gasteiger partial charge in [-0.15, -0.1) is 0 Å². The minimum Gasteiger partial charge on any atom is -0.452 e. The third-order valence-corrected chi connectivity index (χ3v) is 4.02. The van der Waals surface area contributed by atoms with E-state index < -0.39 is 0 Å². The fourth-order valence-electron chi connectivity index (χ4n) is 2.60. The average molecular weight is 297 g/mol. The lowest BCUT2D eigenvalue weighted by atomic mass is 10.1. The van der Waals surface area contributed by atoms with Crippen molar-refractivity contribution < 1.29 is 14.3 Å². The van der Waals surface area contributed by atoms with E-state index >= 15 is 0 Å². The first kappa shape index (κ1) is 14.6. The maximum Gasteiger partial charge on any atom is 0.312 e. The maximum absolute atomic E-state index is 12.0. The van der Waals surface area contributed by atoms with E-state index in [1.807, 2.05) is 30.3 Å². The van der Waals surface area contributed by atoms with Gasteiger partial charge < -0.3 is 9.64 Å². The van der Waals surface area contributed by atoms with Gasteiger partial charge in [0.15, 0.2) is 6.61 Å². The Morgan fingerprint density at radius 3 is 2.77 bits per heavy atom. The molecule has 1 saturated heterocycles. The largest absolute Gasteiger partial charge is 0.452 e. The van der Waals surface area contributed by atoms with Crippen molar-refractivity contribution in [3.05, 3.63) is 35.9 Å². The van der Waals surface area contributed by atoms with Gasteiger partial charge in [-0.3, -0.25) is 9.59 Å². The van der Waals surface area contributed by atoms with Crippen LogP contribution in [0.5, 0.6) is 0 Å². The summed E-state index contributed by atoms with van der Waals surface area (Å²) in [6.07, 6.45) is 2.68. The minimum atomic E-state index is -0.329. The third-order valence-electron chi connectivity index (χ3n) is 4.02. The number of amides is 1. The topological polar surface area (TPSA) is 46.6 Å². The van der Waals surface area contributed by atoms with Crippen LogP contribution in [0, 0.1) is 23.7 Å². The predicted molar refractivity (Wildman–Crippen MR) is 81.7 cm³/mol. The van der Waals surface area contributed by atoms with Gasteiger partial charge in [-0.1, -0.05) is 30.0 Å². The van der Waals surface area contributed by atoms with Crippen molar-refractivity contribution in [2.24, 2.45) is 11.8 Å². The summed E-state index contributed by atoms with van der Waals surface area (Å²) in [5, 5.41) is 0.